The van der Waals surface area contributed by atoms with Gasteiger partial charge in [0.15, 0.2) is 11.3 Å². The molecule has 1 aliphatic heterocycles. The van der Waals surface area contributed by atoms with E-state index in [-0.39, 0.29) is 6.54 Å². The second-order valence-corrected chi connectivity index (χ2v) is 8.15. The van der Waals surface area contributed by atoms with Gasteiger partial charge in [0.2, 0.25) is 0 Å². The number of nitrogens with one attached hydrogen (secondary N) is 1. The van der Waals surface area contributed by atoms with Crippen molar-refractivity contribution < 1.29 is 19.4 Å². The van der Waals surface area contributed by atoms with E-state index < -0.39 is 23.3 Å². The molecule has 7 heteroatoms. The fourth-order valence-corrected chi connectivity index (χ4v) is 4.25. The molecule has 1 aliphatic rings. The van der Waals surface area contributed by atoms with Gasteiger partial charge in [0.1, 0.15) is 11.9 Å². The van der Waals surface area contributed by atoms with Gasteiger partial charge < -0.3 is 20.1 Å². The number of rotatable bonds is 7. The zero-order chi connectivity index (χ0) is 22.9. The van der Waals surface area contributed by atoms with Gasteiger partial charge in [-0.1, -0.05) is 48.0 Å². The van der Waals surface area contributed by atoms with Crippen LogP contribution in [0, 0.1) is 0 Å². The number of Topliss-reactive ketones (excluding diaryl/α,β-unsaturated/α-hetero) is 1. The number of amides is 1. The molecule has 32 heavy (non-hydrogen) atoms. The van der Waals surface area contributed by atoms with E-state index in [0.717, 1.165) is 5.56 Å². The number of halogens is 1. The van der Waals surface area contributed by atoms with E-state index in [2.05, 4.69) is 5.32 Å². The van der Waals surface area contributed by atoms with Crippen molar-refractivity contribution in [2.24, 2.45) is 0 Å². The Morgan fingerprint density at radius 3 is 2.44 bits per heavy atom. The molecule has 1 heterocycles. The Balaban J connectivity index is 1.86. The van der Waals surface area contributed by atoms with Crippen LogP contribution >= 0.6 is 11.6 Å². The number of hydrogen-bond acceptors (Lipinski definition) is 5. The molecule has 164 valence electrons. The lowest BCUT2D eigenvalue weighted by molar-refractivity contribution is -0.136. The van der Waals surface area contributed by atoms with Crippen LogP contribution in [-0.4, -0.2) is 30.0 Å². The molecule has 1 amide bonds. The summed E-state index contributed by atoms with van der Waals surface area (Å²) in [4.78, 5) is 27.9. The molecule has 0 aromatic heterocycles. The summed E-state index contributed by atoms with van der Waals surface area (Å²) in [6, 6.07) is 21.5. The van der Waals surface area contributed by atoms with E-state index in [9.17, 15) is 14.7 Å². The number of nitrogens with zero attached hydrogens (tertiary/aromatic N) is 1. The zero-order valence-electron chi connectivity index (χ0n) is 17.7. The number of methoxy groups -OCH3 is 1. The first-order valence-corrected chi connectivity index (χ1v) is 10.5. The summed E-state index contributed by atoms with van der Waals surface area (Å²) in [5.41, 5.74) is 0.801. The third-order valence-electron chi connectivity index (χ3n) is 5.67. The normalized spacial score (nSPS) is 18.2. The molecule has 2 atom stereocenters. The van der Waals surface area contributed by atoms with Crippen molar-refractivity contribution in [3.05, 3.63) is 88.9 Å². The fourth-order valence-electron chi connectivity index (χ4n) is 4.08. The zero-order valence-corrected chi connectivity index (χ0v) is 18.5. The molecule has 4 rings (SSSR count). The van der Waals surface area contributed by atoms with Crippen LogP contribution in [0.2, 0.25) is 5.02 Å². The van der Waals surface area contributed by atoms with Crippen molar-refractivity contribution in [2.45, 2.75) is 25.1 Å². The van der Waals surface area contributed by atoms with E-state index >= 15 is 0 Å². The van der Waals surface area contributed by atoms with Crippen LogP contribution in [-0.2, 0) is 21.7 Å². The summed E-state index contributed by atoms with van der Waals surface area (Å²) in [7, 11) is 1.56. The smallest absolute Gasteiger partial charge is 0.260 e. The maximum atomic E-state index is 14.0. The minimum atomic E-state index is -1.70. The van der Waals surface area contributed by atoms with Gasteiger partial charge in [-0.2, -0.15) is 0 Å². The Kier molecular flexibility index (Phi) is 5.91. The molecule has 2 N–H and O–H groups in total. The number of fused-ring (bicyclic) bond motifs is 1. The Hall–Kier alpha value is -3.35. The molecular formula is C25H23ClN2O4. The Morgan fingerprint density at radius 1 is 1.12 bits per heavy atom. The van der Waals surface area contributed by atoms with E-state index in [0.29, 0.717) is 27.7 Å². The molecule has 0 radical (unpaired) electrons. The first-order chi connectivity index (χ1) is 15.4. The summed E-state index contributed by atoms with van der Waals surface area (Å²) in [6.07, 6.45) is -1.61. The summed E-state index contributed by atoms with van der Waals surface area (Å²) >= 11 is 6.27. The fraction of sp³-hybridized carbons (Fsp3) is 0.200. The highest BCUT2D eigenvalue weighted by molar-refractivity contribution is 6.31. The Bertz CT molecular complexity index is 1150. The molecule has 0 spiro atoms. The lowest BCUT2D eigenvalue weighted by Crippen LogP contribution is -2.56. The van der Waals surface area contributed by atoms with Gasteiger partial charge in [-0.25, -0.2) is 0 Å². The molecule has 6 nitrogen and oxygen atoms in total. The summed E-state index contributed by atoms with van der Waals surface area (Å²) in [5, 5.41) is 14.7. The quantitative estimate of drug-likeness (QED) is 0.565. The van der Waals surface area contributed by atoms with Crippen molar-refractivity contribution in [1.29, 1.82) is 0 Å². The van der Waals surface area contributed by atoms with E-state index in [1.54, 1.807) is 54.5 Å². The molecule has 0 saturated carbocycles. The largest absolute Gasteiger partial charge is 0.497 e. The molecule has 3 aromatic carbocycles. The summed E-state index contributed by atoms with van der Waals surface area (Å²) in [6.45, 7) is 1.54. The van der Waals surface area contributed by atoms with E-state index in [1.165, 1.54) is 6.92 Å². The molecule has 0 saturated heterocycles. The first kappa shape index (κ1) is 21.9. The number of ether oxygens (including phenoxy) is 1. The van der Waals surface area contributed by atoms with E-state index in [4.69, 9.17) is 16.3 Å². The van der Waals surface area contributed by atoms with Crippen LogP contribution in [0.15, 0.2) is 72.8 Å². The van der Waals surface area contributed by atoms with Gasteiger partial charge in [0.05, 0.1) is 19.3 Å². The van der Waals surface area contributed by atoms with Crippen LogP contribution in [0.1, 0.15) is 18.1 Å². The highest BCUT2D eigenvalue weighted by Crippen LogP contribution is 2.46. The van der Waals surface area contributed by atoms with Crippen molar-refractivity contribution in [2.75, 3.05) is 17.3 Å². The standard InChI is InChI=1S/C25H23ClN2O4/c1-16(29)23(30)25(27-19-9-11-20(32-2)12-10-19)21-13-8-18(26)14-22(21)28(24(25)31)15-17-6-4-3-5-7-17/h3-14,23,27,30H,15H2,1-2H3/t23-,25+/m0/s1. The Morgan fingerprint density at radius 2 is 1.81 bits per heavy atom. The number of anilines is 2. The third kappa shape index (κ3) is 3.72. The van der Waals surface area contributed by atoms with Crippen molar-refractivity contribution in [3.8, 4) is 5.75 Å². The van der Waals surface area contributed by atoms with E-state index in [1.807, 2.05) is 30.3 Å². The van der Waals surface area contributed by atoms with Gasteiger partial charge in [-0.3, -0.25) is 9.59 Å². The number of ketones is 1. The molecule has 0 unspecified atom stereocenters. The molecule has 0 aliphatic carbocycles. The van der Waals surface area contributed by atoms with Gasteiger partial charge >= 0.3 is 0 Å². The van der Waals surface area contributed by atoms with Gasteiger partial charge in [-0.15, -0.1) is 0 Å². The monoisotopic (exact) mass is 450 g/mol. The molecule has 0 fully saturated rings. The first-order valence-electron chi connectivity index (χ1n) is 10.1. The number of carbonyl (C=O) groups is 2. The SMILES string of the molecule is COc1ccc(N[C@]2([C@@H](O)C(C)=O)C(=O)N(Cc3ccccc3)c3cc(Cl)ccc32)cc1. The maximum Gasteiger partial charge on any atom is 0.260 e. The van der Waals surface area contributed by atoms with Crippen molar-refractivity contribution in [3.63, 3.8) is 0 Å². The third-order valence-corrected chi connectivity index (χ3v) is 5.90. The number of benzene rings is 3. The maximum absolute atomic E-state index is 14.0. The predicted octanol–water partition coefficient (Wildman–Crippen LogP) is 4.15. The predicted molar refractivity (Wildman–Crippen MR) is 124 cm³/mol. The highest BCUT2D eigenvalue weighted by atomic mass is 35.5. The minimum absolute atomic E-state index is 0.268. The lowest BCUT2D eigenvalue weighted by Gasteiger charge is -2.34. The summed E-state index contributed by atoms with van der Waals surface area (Å²) < 4.78 is 5.20. The van der Waals surface area contributed by atoms with Gasteiger partial charge in [0, 0.05) is 16.3 Å². The van der Waals surface area contributed by atoms with Crippen LogP contribution < -0.4 is 15.0 Å². The Labute approximate surface area is 191 Å². The highest BCUT2D eigenvalue weighted by Gasteiger charge is 2.57. The van der Waals surface area contributed by atoms with Crippen LogP contribution in [0.25, 0.3) is 0 Å². The molecular weight excluding hydrogens is 428 g/mol. The molecule has 0 bridgehead atoms. The summed E-state index contributed by atoms with van der Waals surface area (Å²) in [5.74, 6) is -0.314. The lowest BCUT2D eigenvalue weighted by atomic mass is 9.83. The number of aliphatic hydroxyl groups excluding tert-OH is 1. The number of aliphatic hydroxyl groups is 1. The number of carbonyl (C=O) groups excluding carboxylic acids is 2. The van der Waals surface area contributed by atoms with Crippen molar-refractivity contribution in [1.82, 2.24) is 0 Å². The van der Waals surface area contributed by atoms with Crippen molar-refractivity contribution >= 4 is 34.7 Å². The van der Waals surface area contributed by atoms with Crippen LogP contribution in [0.5, 0.6) is 5.75 Å². The van der Waals surface area contributed by atoms with Gasteiger partial charge in [-0.05, 0) is 48.9 Å². The van der Waals surface area contributed by atoms with Crippen LogP contribution in [0.4, 0.5) is 11.4 Å². The second kappa shape index (κ2) is 8.65. The van der Waals surface area contributed by atoms with Crippen LogP contribution in [0.3, 0.4) is 0 Å². The minimum Gasteiger partial charge on any atom is -0.497 e. The van der Waals surface area contributed by atoms with Gasteiger partial charge in [0.25, 0.3) is 5.91 Å². The average molecular weight is 451 g/mol. The molecule has 3 aromatic rings. The topological polar surface area (TPSA) is 78.9 Å². The number of hydrogen-bond donors (Lipinski definition) is 2. The average Bonchev–Trinajstić information content (AvgIpc) is 3.02. The second-order valence-electron chi connectivity index (χ2n) is 7.71.